The number of carbonyl (C=O) groups excluding carboxylic acids is 1. The van der Waals surface area contributed by atoms with Crippen LogP contribution in [0.4, 0.5) is 5.69 Å². The van der Waals surface area contributed by atoms with Gasteiger partial charge in [-0.05, 0) is 76.2 Å². The molecule has 1 heterocycles. The molecule has 5 nitrogen and oxygen atoms in total. The Morgan fingerprint density at radius 3 is 2.45 bits per heavy atom. The van der Waals surface area contributed by atoms with Crippen LogP contribution in [-0.2, 0) is 11.2 Å². The smallest absolute Gasteiger partial charge is 0.257 e. The summed E-state index contributed by atoms with van der Waals surface area (Å²) in [5.74, 6) is 1.07. The van der Waals surface area contributed by atoms with E-state index in [1.54, 1.807) is 30.3 Å². The molecule has 1 N–H and O–H groups in total. The average Bonchev–Trinajstić information content (AvgIpc) is 2.69. The topological polar surface area (TPSA) is 60.5 Å². The summed E-state index contributed by atoms with van der Waals surface area (Å²) in [6.45, 7) is 7.89. The highest BCUT2D eigenvalue weighted by atomic mass is 35.5. The van der Waals surface area contributed by atoms with Gasteiger partial charge in [-0.25, -0.2) is 0 Å². The van der Waals surface area contributed by atoms with Crippen LogP contribution in [0.2, 0.25) is 5.02 Å². The lowest BCUT2D eigenvalue weighted by Gasteiger charge is -2.16. The summed E-state index contributed by atoms with van der Waals surface area (Å²) >= 11 is 5.91. The zero-order valence-electron chi connectivity index (χ0n) is 18.2. The highest BCUT2D eigenvalue weighted by molar-refractivity contribution is 6.30. The molecule has 0 spiro atoms. The molecule has 0 aliphatic heterocycles. The number of anilines is 1. The number of amides is 1. The number of benzene rings is 2. The number of nitrogens with zero attached hydrogens (tertiary/aromatic N) is 1. The molecule has 0 aliphatic carbocycles. The summed E-state index contributed by atoms with van der Waals surface area (Å²) < 4.78 is 11.6. The summed E-state index contributed by atoms with van der Waals surface area (Å²) in [6, 6.07) is 18.0. The number of aryl methyl sites for hydroxylation is 1. The highest BCUT2D eigenvalue weighted by Crippen LogP contribution is 2.25. The van der Waals surface area contributed by atoms with Gasteiger partial charge in [0, 0.05) is 28.9 Å². The van der Waals surface area contributed by atoms with Crippen LogP contribution in [0.3, 0.4) is 0 Å². The van der Waals surface area contributed by atoms with Crippen molar-refractivity contribution >= 4 is 23.2 Å². The van der Waals surface area contributed by atoms with Crippen molar-refractivity contribution in [1.29, 1.82) is 0 Å². The number of carbonyl (C=O) groups is 1. The molecule has 1 aromatic heterocycles. The quantitative estimate of drug-likeness (QED) is 0.439. The van der Waals surface area contributed by atoms with Gasteiger partial charge >= 0.3 is 0 Å². The Bertz CT molecular complexity index is 1040. The van der Waals surface area contributed by atoms with Gasteiger partial charge in [0.1, 0.15) is 11.5 Å². The summed E-state index contributed by atoms with van der Waals surface area (Å²) in [6.07, 6.45) is 0.931. The molecule has 162 valence electrons. The van der Waals surface area contributed by atoms with Crippen LogP contribution in [0.5, 0.6) is 11.5 Å². The van der Waals surface area contributed by atoms with Crippen LogP contribution in [0.15, 0.2) is 60.7 Å². The molecule has 0 saturated carbocycles. The lowest BCUT2D eigenvalue weighted by molar-refractivity contribution is 0.0190. The van der Waals surface area contributed by atoms with E-state index in [4.69, 9.17) is 21.1 Å². The molecule has 3 rings (SSSR count). The number of aromatic nitrogens is 1. The monoisotopic (exact) mass is 438 g/mol. The molecule has 1 amide bonds. The van der Waals surface area contributed by atoms with E-state index in [1.807, 2.05) is 58.0 Å². The molecule has 3 aromatic rings. The number of nitrogens with one attached hydrogen (secondary N) is 1. The zero-order valence-corrected chi connectivity index (χ0v) is 18.9. The largest absolute Gasteiger partial charge is 0.457 e. The lowest BCUT2D eigenvalue weighted by Crippen LogP contribution is -2.18. The fourth-order valence-electron chi connectivity index (χ4n) is 3.25. The van der Waals surface area contributed by atoms with Gasteiger partial charge in [0.2, 0.25) is 0 Å². The summed E-state index contributed by atoms with van der Waals surface area (Å²) in [7, 11) is 0. The molecule has 0 fully saturated rings. The molecule has 0 radical (unpaired) electrons. The maximum atomic E-state index is 12.8. The van der Waals surface area contributed by atoms with Crippen molar-refractivity contribution in [3.05, 3.63) is 82.6 Å². The number of pyridine rings is 1. The first-order chi connectivity index (χ1) is 14.8. The standard InChI is InChI=1S/C25H27ClN2O3/c1-16(2)30-17(3)14-21-10-13-24(18(4)27-21)25(29)28-20-6-5-7-23(15-20)31-22-11-8-19(26)9-12-22/h5-13,15-17H,14H2,1-4H3,(H,28,29). The normalized spacial score (nSPS) is 11.9. The first-order valence-corrected chi connectivity index (χ1v) is 10.6. The van der Waals surface area contributed by atoms with Crippen LogP contribution in [0, 0.1) is 6.92 Å². The second-order valence-electron chi connectivity index (χ2n) is 7.67. The minimum atomic E-state index is -0.216. The maximum absolute atomic E-state index is 12.8. The molecule has 31 heavy (non-hydrogen) atoms. The van der Waals surface area contributed by atoms with Gasteiger partial charge in [-0.2, -0.15) is 0 Å². The summed E-state index contributed by atoms with van der Waals surface area (Å²) in [5, 5.41) is 3.56. The van der Waals surface area contributed by atoms with Gasteiger partial charge in [0.25, 0.3) is 5.91 Å². The van der Waals surface area contributed by atoms with Gasteiger partial charge in [-0.3, -0.25) is 9.78 Å². The third-order valence-electron chi connectivity index (χ3n) is 4.53. The van der Waals surface area contributed by atoms with Gasteiger partial charge in [0.15, 0.2) is 0 Å². The Labute approximate surface area is 188 Å². The highest BCUT2D eigenvalue weighted by Gasteiger charge is 2.14. The van der Waals surface area contributed by atoms with Crippen LogP contribution in [0.1, 0.15) is 42.5 Å². The van der Waals surface area contributed by atoms with E-state index in [9.17, 15) is 4.79 Å². The van der Waals surface area contributed by atoms with Crippen LogP contribution in [-0.4, -0.2) is 23.1 Å². The molecule has 0 saturated heterocycles. The minimum absolute atomic E-state index is 0.0648. The number of hydrogen-bond acceptors (Lipinski definition) is 4. The van der Waals surface area contributed by atoms with Gasteiger partial charge < -0.3 is 14.8 Å². The lowest BCUT2D eigenvalue weighted by atomic mass is 10.1. The maximum Gasteiger partial charge on any atom is 0.257 e. The Kier molecular flexibility index (Phi) is 7.66. The van der Waals surface area contributed by atoms with Crippen molar-refractivity contribution in [3.63, 3.8) is 0 Å². The predicted molar refractivity (Wildman–Crippen MR) is 124 cm³/mol. The molecule has 0 aliphatic rings. The number of ether oxygens (including phenoxy) is 2. The van der Waals surface area contributed by atoms with E-state index in [0.717, 1.165) is 5.69 Å². The minimum Gasteiger partial charge on any atom is -0.457 e. The zero-order chi connectivity index (χ0) is 22.4. The fourth-order valence-corrected chi connectivity index (χ4v) is 3.37. The number of rotatable bonds is 8. The second-order valence-corrected chi connectivity index (χ2v) is 8.11. The molecule has 0 bridgehead atoms. The Balaban J connectivity index is 1.66. The molecular weight excluding hydrogens is 412 g/mol. The summed E-state index contributed by atoms with van der Waals surface area (Å²) in [5.41, 5.74) is 2.75. The van der Waals surface area contributed by atoms with Crippen molar-refractivity contribution in [2.24, 2.45) is 0 Å². The van der Waals surface area contributed by atoms with E-state index in [2.05, 4.69) is 10.3 Å². The average molecular weight is 439 g/mol. The van der Waals surface area contributed by atoms with Crippen LogP contribution >= 0.6 is 11.6 Å². The fraction of sp³-hybridized carbons (Fsp3) is 0.280. The van der Waals surface area contributed by atoms with Crippen molar-refractivity contribution in [2.45, 2.75) is 46.3 Å². The third kappa shape index (κ3) is 6.81. The van der Waals surface area contributed by atoms with Crippen molar-refractivity contribution in [3.8, 4) is 11.5 Å². The molecule has 1 unspecified atom stereocenters. The van der Waals surface area contributed by atoms with E-state index < -0.39 is 0 Å². The molecule has 2 aromatic carbocycles. The number of hydrogen-bond donors (Lipinski definition) is 1. The molecular formula is C25H27ClN2O3. The van der Waals surface area contributed by atoms with Gasteiger partial charge in [0.05, 0.1) is 23.5 Å². The van der Waals surface area contributed by atoms with Crippen molar-refractivity contribution < 1.29 is 14.3 Å². The Hall–Kier alpha value is -2.89. The van der Waals surface area contributed by atoms with E-state index in [0.29, 0.717) is 39.9 Å². The Morgan fingerprint density at radius 2 is 1.77 bits per heavy atom. The van der Waals surface area contributed by atoms with E-state index in [1.165, 1.54) is 0 Å². The molecule has 6 heteroatoms. The predicted octanol–water partition coefficient (Wildman–Crippen LogP) is 6.44. The van der Waals surface area contributed by atoms with Crippen LogP contribution in [0.25, 0.3) is 0 Å². The van der Waals surface area contributed by atoms with Gasteiger partial charge in [-0.15, -0.1) is 0 Å². The Morgan fingerprint density at radius 1 is 1.03 bits per heavy atom. The summed E-state index contributed by atoms with van der Waals surface area (Å²) in [4.78, 5) is 17.4. The van der Waals surface area contributed by atoms with E-state index >= 15 is 0 Å². The van der Waals surface area contributed by atoms with Crippen molar-refractivity contribution in [2.75, 3.05) is 5.32 Å². The SMILES string of the molecule is Cc1nc(CC(C)OC(C)C)ccc1C(=O)Nc1cccc(Oc2ccc(Cl)cc2)c1. The van der Waals surface area contributed by atoms with Crippen molar-refractivity contribution in [1.82, 2.24) is 4.98 Å². The number of halogens is 1. The second kappa shape index (κ2) is 10.4. The first-order valence-electron chi connectivity index (χ1n) is 10.3. The molecule has 1 atom stereocenters. The van der Waals surface area contributed by atoms with Gasteiger partial charge in [-0.1, -0.05) is 17.7 Å². The van der Waals surface area contributed by atoms with E-state index in [-0.39, 0.29) is 18.1 Å². The third-order valence-corrected chi connectivity index (χ3v) is 4.78. The van der Waals surface area contributed by atoms with Crippen LogP contribution < -0.4 is 10.1 Å². The first kappa shape index (κ1) is 22.8.